The molecule has 0 radical (unpaired) electrons. The SMILES string of the molecule is NNC(=O)C1=N[C@@H]2C(=O)NNC(=O)[C@H]2N=C1. The Hall–Kier alpha value is -2.29. The van der Waals surface area contributed by atoms with Crippen LogP contribution in [0.3, 0.4) is 0 Å². The fraction of sp³-hybridized carbons (Fsp3) is 0.286. The van der Waals surface area contributed by atoms with Crippen molar-refractivity contribution in [1.82, 2.24) is 16.3 Å². The minimum atomic E-state index is -1.02. The summed E-state index contributed by atoms with van der Waals surface area (Å²) in [7, 11) is 0. The molecule has 2 aliphatic rings. The number of nitrogens with zero attached hydrogens (tertiary/aromatic N) is 2. The Balaban J connectivity index is 2.29. The van der Waals surface area contributed by atoms with Crippen molar-refractivity contribution in [2.75, 3.05) is 0 Å². The number of aliphatic imine (C=N–C) groups is 2. The van der Waals surface area contributed by atoms with Crippen molar-refractivity contribution < 1.29 is 14.4 Å². The van der Waals surface area contributed by atoms with Crippen molar-refractivity contribution in [3.63, 3.8) is 0 Å². The number of nitrogens with one attached hydrogen (secondary N) is 3. The van der Waals surface area contributed by atoms with Gasteiger partial charge in [-0.25, -0.2) is 5.84 Å². The monoisotopic (exact) mass is 224 g/mol. The Kier molecular flexibility index (Phi) is 2.37. The summed E-state index contributed by atoms with van der Waals surface area (Å²) in [4.78, 5) is 41.4. The second-order valence-corrected chi connectivity index (χ2v) is 3.13. The summed E-state index contributed by atoms with van der Waals surface area (Å²) in [5, 5.41) is 0. The largest absolute Gasteiger partial charge is 0.289 e. The summed E-state index contributed by atoms with van der Waals surface area (Å²) in [5.74, 6) is 3.25. The van der Waals surface area contributed by atoms with E-state index in [-0.39, 0.29) is 5.71 Å². The molecule has 9 heteroatoms. The smallest absolute Gasteiger partial charge is 0.284 e. The van der Waals surface area contributed by atoms with Gasteiger partial charge in [-0.2, -0.15) is 0 Å². The van der Waals surface area contributed by atoms with E-state index in [0.29, 0.717) is 0 Å². The van der Waals surface area contributed by atoms with Gasteiger partial charge in [0.05, 0.1) is 6.21 Å². The minimum absolute atomic E-state index is 0.0893. The lowest BCUT2D eigenvalue weighted by Gasteiger charge is -2.27. The van der Waals surface area contributed by atoms with Gasteiger partial charge in [0.25, 0.3) is 17.7 Å². The number of hydrogen-bond acceptors (Lipinski definition) is 6. The van der Waals surface area contributed by atoms with E-state index in [1.165, 1.54) is 0 Å². The Labute approximate surface area is 89.1 Å². The molecule has 9 nitrogen and oxygen atoms in total. The topological polar surface area (TPSA) is 138 Å². The van der Waals surface area contributed by atoms with E-state index in [9.17, 15) is 14.4 Å². The quantitative estimate of drug-likeness (QED) is 0.207. The first-order valence-corrected chi connectivity index (χ1v) is 4.35. The maximum absolute atomic E-state index is 11.4. The molecular weight excluding hydrogens is 216 g/mol. The zero-order valence-electron chi connectivity index (χ0n) is 7.93. The first kappa shape index (κ1) is 10.2. The molecule has 5 N–H and O–H groups in total. The Morgan fingerprint density at radius 2 is 1.94 bits per heavy atom. The van der Waals surface area contributed by atoms with Crippen LogP contribution in [0, 0.1) is 0 Å². The highest BCUT2D eigenvalue weighted by Crippen LogP contribution is 2.11. The van der Waals surface area contributed by atoms with Gasteiger partial charge in [0.1, 0.15) is 5.71 Å². The maximum Gasteiger partial charge on any atom is 0.284 e. The van der Waals surface area contributed by atoms with Gasteiger partial charge in [-0.15, -0.1) is 0 Å². The van der Waals surface area contributed by atoms with Crippen LogP contribution in [-0.4, -0.2) is 41.7 Å². The lowest BCUT2D eigenvalue weighted by Crippen LogP contribution is -2.62. The Bertz CT molecular complexity index is 428. The highest BCUT2D eigenvalue weighted by atomic mass is 16.2. The van der Waals surface area contributed by atoms with E-state index in [0.717, 1.165) is 6.21 Å². The van der Waals surface area contributed by atoms with Crippen LogP contribution in [-0.2, 0) is 14.4 Å². The molecule has 16 heavy (non-hydrogen) atoms. The molecule has 3 amide bonds. The number of amides is 3. The van der Waals surface area contributed by atoms with Crippen LogP contribution in [0.4, 0.5) is 0 Å². The minimum Gasteiger partial charge on any atom is -0.289 e. The maximum atomic E-state index is 11.4. The van der Waals surface area contributed by atoms with Crippen molar-refractivity contribution >= 4 is 29.6 Å². The van der Waals surface area contributed by atoms with Crippen molar-refractivity contribution in [3.8, 4) is 0 Å². The first-order chi connectivity index (χ1) is 7.63. The van der Waals surface area contributed by atoms with E-state index in [1.807, 2.05) is 5.43 Å². The second-order valence-electron chi connectivity index (χ2n) is 3.13. The van der Waals surface area contributed by atoms with Crippen LogP contribution in [0.25, 0.3) is 0 Å². The molecule has 2 heterocycles. The molecule has 2 rings (SSSR count). The number of hydrazine groups is 2. The third-order valence-electron chi connectivity index (χ3n) is 2.14. The van der Waals surface area contributed by atoms with E-state index in [1.54, 1.807) is 0 Å². The molecule has 1 fully saturated rings. The number of rotatable bonds is 1. The van der Waals surface area contributed by atoms with Gasteiger partial charge in [0.15, 0.2) is 12.1 Å². The van der Waals surface area contributed by atoms with Crippen molar-refractivity contribution in [3.05, 3.63) is 0 Å². The number of carbonyl (C=O) groups is 3. The standard InChI is InChI=1S/C7H8N6O3/c8-11-5(14)2-1-9-3-4(10-2)7(16)13-12-6(3)15/h1,3-4H,8H2,(H,11,14)(H,12,15)(H,13,16)/t3-,4-/m0/s1. The van der Waals surface area contributed by atoms with Crippen molar-refractivity contribution in [2.45, 2.75) is 12.1 Å². The Morgan fingerprint density at radius 1 is 1.31 bits per heavy atom. The zero-order valence-corrected chi connectivity index (χ0v) is 7.93. The number of fused-ring (bicyclic) bond motifs is 1. The predicted octanol–water partition coefficient (Wildman–Crippen LogP) is -3.60. The second kappa shape index (κ2) is 3.70. The molecule has 2 atom stereocenters. The molecule has 0 saturated carbocycles. The van der Waals surface area contributed by atoms with E-state index >= 15 is 0 Å². The first-order valence-electron chi connectivity index (χ1n) is 4.35. The van der Waals surface area contributed by atoms with E-state index < -0.39 is 29.8 Å². The molecule has 0 aromatic heterocycles. The number of carbonyl (C=O) groups excluding carboxylic acids is 3. The molecule has 0 aromatic carbocycles. The highest BCUT2D eigenvalue weighted by molar-refractivity contribution is 6.61. The molecule has 84 valence electrons. The molecule has 0 unspecified atom stereocenters. The van der Waals surface area contributed by atoms with Crippen LogP contribution in [0.2, 0.25) is 0 Å². The van der Waals surface area contributed by atoms with E-state index in [4.69, 9.17) is 5.84 Å². The predicted molar refractivity (Wildman–Crippen MR) is 52.1 cm³/mol. The van der Waals surface area contributed by atoms with Crippen LogP contribution in [0.1, 0.15) is 0 Å². The van der Waals surface area contributed by atoms with Crippen molar-refractivity contribution in [1.29, 1.82) is 0 Å². The average molecular weight is 224 g/mol. The summed E-state index contributed by atoms with van der Waals surface area (Å²) in [6.45, 7) is 0. The van der Waals surface area contributed by atoms with Gasteiger partial charge in [-0.1, -0.05) is 0 Å². The molecule has 2 aliphatic heterocycles. The van der Waals surface area contributed by atoms with Crippen LogP contribution < -0.4 is 22.1 Å². The zero-order chi connectivity index (χ0) is 11.7. The van der Waals surface area contributed by atoms with Crippen LogP contribution in [0.15, 0.2) is 9.98 Å². The van der Waals surface area contributed by atoms with Gasteiger partial charge in [-0.3, -0.25) is 40.6 Å². The van der Waals surface area contributed by atoms with Gasteiger partial charge >= 0.3 is 0 Å². The van der Waals surface area contributed by atoms with Gasteiger partial charge < -0.3 is 0 Å². The highest BCUT2D eigenvalue weighted by Gasteiger charge is 2.40. The van der Waals surface area contributed by atoms with Gasteiger partial charge in [0.2, 0.25) is 0 Å². The number of hydrogen-bond donors (Lipinski definition) is 4. The number of nitrogens with two attached hydrogens (primary N) is 1. The summed E-state index contributed by atoms with van der Waals surface area (Å²) in [5.41, 5.74) is 6.04. The Morgan fingerprint density at radius 3 is 2.56 bits per heavy atom. The molecule has 1 saturated heterocycles. The summed E-state index contributed by atoms with van der Waals surface area (Å²) in [6.07, 6.45) is 1.11. The molecular formula is C7H8N6O3. The van der Waals surface area contributed by atoms with Crippen molar-refractivity contribution in [2.24, 2.45) is 15.8 Å². The molecule has 0 aliphatic carbocycles. The summed E-state index contributed by atoms with van der Waals surface area (Å²) < 4.78 is 0. The van der Waals surface area contributed by atoms with Gasteiger partial charge in [-0.05, 0) is 0 Å². The normalized spacial score (nSPS) is 27.4. The van der Waals surface area contributed by atoms with E-state index in [2.05, 4.69) is 20.8 Å². The van der Waals surface area contributed by atoms with Gasteiger partial charge in [0, 0.05) is 0 Å². The third-order valence-corrected chi connectivity index (χ3v) is 2.14. The lowest BCUT2D eigenvalue weighted by molar-refractivity contribution is -0.136. The average Bonchev–Trinajstić information content (AvgIpc) is 2.32. The molecule has 0 spiro atoms. The van der Waals surface area contributed by atoms with Crippen LogP contribution >= 0.6 is 0 Å². The summed E-state index contributed by atoms with van der Waals surface area (Å²) in [6, 6.07) is -1.95. The lowest BCUT2D eigenvalue weighted by atomic mass is 10.0. The molecule has 0 aromatic rings. The summed E-state index contributed by atoms with van der Waals surface area (Å²) >= 11 is 0. The third kappa shape index (κ3) is 1.52. The fourth-order valence-electron chi connectivity index (χ4n) is 1.36. The van der Waals surface area contributed by atoms with Crippen LogP contribution in [0.5, 0.6) is 0 Å². The molecule has 0 bridgehead atoms. The fourth-order valence-corrected chi connectivity index (χ4v) is 1.36.